The maximum absolute atomic E-state index is 12.0. The predicted molar refractivity (Wildman–Crippen MR) is 103 cm³/mol. The lowest BCUT2D eigenvalue weighted by Gasteiger charge is -2.29. The Labute approximate surface area is 154 Å². The van der Waals surface area contributed by atoms with E-state index in [-0.39, 0.29) is 18.6 Å². The number of carbonyl (C=O) groups is 1. The Kier molecular flexibility index (Phi) is 6.26. The summed E-state index contributed by atoms with van der Waals surface area (Å²) >= 11 is 0. The second-order valence-corrected chi connectivity index (χ2v) is 6.54. The summed E-state index contributed by atoms with van der Waals surface area (Å²) in [6.45, 7) is 4.58. The van der Waals surface area contributed by atoms with Crippen LogP contribution in [-0.4, -0.2) is 43.4 Å². The molecule has 5 nitrogen and oxygen atoms in total. The van der Waals surface area contributed by atoms with Crippen LogP contribution >= 0.6 is 0 Å². The molecule has 3 rings (SSSR count). The van der Waals surface area contributed by atoms with Gasteiger partial charge in [0.2, 0.25) is 0 Å². The summed E-state index contributed by atoms with van der Waals surface area (Å²) < 4.78 is 5.19. The number of ether oxygens (including phenoxy) is 1. The molecular formula is C21H26N2O3. The molecule has 1 amide bonds. The van der Waals surface area contributed by atoms with Crippen molar-refractivity contribution in [1.82, 2.24) is 0 Å². The van der Waals surface area contributed by atoms with Crippen molar-refractivity contribution in [3.05, 3.63) is 60.2 Å². The van der Waals surface area contributed by atoms with E-state index in [1.165, 1.54) is 5.56 Å². The molecule has 26 heavy (non-hydrogen) atoms. The minimum atomic E-state index is -0.376. The molecule has 0 aliphatic carbocycles. The number of benzene rings is 2. The van der Waals surface area contributed by atoms with Gasteiger partial charge in [-0.3, -0.25) is 4.79 Å². The molecule has 138 valence electrons. The van der Waals surface area contributed by atoms with Crippen molar-refractivity contribution >= 4 is 17.3 Å². The Bertz CT molecular complexity index is 703. The topological polar surface area (TPSA) is 53.0 Å². The van der Waals surface area contributed by atoms with E-state index in [0.29, 0.717) is 26.1 Å². The third kappa shape index (κ3) is 4.62. The highest BCUT2D eigenvalue weighted by atomic mass is 16.5. The fraction of sp³-hybridized carbons (Fsp3) is 0.381. The number of morpholine rings is 1. The molecule has 1 heterocycles. The fourth-order valence-corrected chi connectivity index (χ4v) is 3.08. The number of carbonyl (C=O) groups excluding carboxylic acids is 1. The van der Waals surface area contributed by atoms with Crippen LogP contribution in [0.25, 0.3) is 0 Å². The summed E-state index contributed by atoms with van der Waals surface area (Å²) in [5.74, 6) is -0.00783. The zero-order chi connectivity index (χ0) is 18.4. The zero-order valence-corrected chi connectivity index (χ0v) is 15.2. The van der Waals surface area contributed by atoms with Crippen LogP contribution in [0.1, 0.15) is 18.9 Å². The van der Waals surface area contributed by atoms with Gasteiger partial charge < -0.3 is 19.6 Å². The van der Waals surface area contributed by atoms with Crippen molar-refractivity contribution < 1.29 is 14.6 Å². The molecule has 1 unspecified atom stereocenters. The number of anilines is 2. The summed E-state index contributed by atoms with van der Waals surface area (Å²) in [5.41, 5.74) is 3.12. The van der Waals surface area contributed by atoms with Crippen molar-refractivity contribution in [2.45, 2.75) is 26.0 Å². The van der Waals surface area contributed by atoms with Crippen LogP contribution in [0.3, 0.4) is 0 Å². The van der Waals surface area contributed by atoms with Crippen LogP contribution < -0.4 is 9.80 Å². The third-order valence-electron chi connectivity index (χ3n) is 4.63. The Morgan fingerprint density at radius 1 is 1.15 bits per heavy atom. The van der Waals surface area contributed by atoms with E-state index in [9.17, 15) is 9.90 Å². The molecule has 2 aromatic rings. The lowest BCUT2D eigenvalue weighted by Crippen LogP contribution is -2.41. The Balaban J connectivity index is 1.78. The van der Waals surface area contributed by atoms with Crippen molar-refractivity contribution in [3.8, 4) is 0 Å². The van der Waals surface area contributed by atoms with E-state index in [2.05, 4.69) is 17.0 Å². The summed E-state index contributed by atoms with van der Waals surface area (Å²) in [5, 5.41) is 10.2. The first-order valence-electron chi connectivity index (χ1n) is 9.12. The molecule has 0 saturated carbocycles. The van der Waals surface area contributed by atoms with Gasteiger partial charge in [-0.15, -0.1) is 0 Å². The molecule has 1 aliphatic heterocycles. The van der Waals surface area contributed by atoms with Crippen molar-refractivity contribution in [1.29, 1.82) is 0 Å². The number of nitrogens with zero attached hydrogens (tertiary/aromatic N) is 2. The summed E-state index contributed by atoms with van der Waals surface area (Å²) in [7, 11) is 0. The van der Waals surface area contributed by atoms with Crippen LogP contribution in [0.5, 0.6) is 0 Å². The third-order valence-corrected chi connectivity index (χ3v) is 4.63. The van der Waals surface area contributed by atoms with E-state index < -0.39 is 0 Å². The molecule has 0 bridgehead atoms. The van der Waals surface area contributed by atoms with Gasteiger partial charge in [0, 0.05) is 31.0 Å². The van der Waals surface area contributed by atoms with Gasteiger partial charge in [0.1, 0.15) is 6.61 Å². The number of rotatable bonds is 7. The van der Waals surface area contributed by atoms with Gasteiger partial charge in [0.15, 0.2) is 0 Å². The van der Waals surface area contributed by atoms with Gasteiger partial charge in [0.25, 0.3) is 5.91 Å². The first-order valence-corrected chi connectivity index (χ1v) is 9.12. The highest BCUT2D eigenvalue weighted by Gasteiger charge is 2.20. The van der Waals surface area contributed by atoms with Crippen molar-refractivity contribution in [3.63, 3.8) is 0 Å². The van der Waals surface area contributed by atoms with E-state index in [4.69, 9.17) is 4.74 Å². The molecule has 1 atom stereocenters. The molecule has 0 radical (unpaired) electrons. The summed E-state index contributed by atoms with van der Waals surface area (Å²) in [6.07, 6.45) is 0.338. The second-order valence-electron chi connectivity index (χ2n) is 6.54. The monoisotopic (exact) mass is 354 g/mol. The minimum Gasteiger partial charge on any atom is -0.391 e. The van der Waals surface area contributed by atoms with Crippen LogP contribution in [0.4, 0.5) is 11.4 Å². The fourth-order valence-electron chi connectivity index (χ4n) is 3.08. The molecule has 0 aromatic heterocycles. The predicted octanol–water partition coefficient (Wildman–Crippen LogP) is 2.83. The SMILES string of the molecule is CCC(O)CN(Cc1ccccc1)c1ccc(N2CCOCC2=O)cc1. The maximum atomic E-state index is 12.0. The highest BCUT2D eigenvalue weighted by molar-refractivity contribution is 5.95. The van der Waals surface area contributed by atoms with Gasteiger partial charge in [-0.05, 0) is 36.2 Å². The molecule has 1 N–H and O–H groups in total. The summed E-state index contributed by atoms with van der Waals surface area (Å²) in [4.78, 5) is 15.9. The molecule has 2 aromatic carbocycles. The van der Waals surface area contributed by atoms with E-state index in [1.807, 2.05) is 49.4 Å². The Hall–Kier alpha value is -2.37. The number of amides is 1. The van der Waals surface area contributed by atoms with Crippen LogP contribution in [0.2, 0.25) is 0 Å². The summed E-state index contributed by atoms with van der Waals surface area (Å²) in [6, 6.07) is 18.2. The van der Waals surface area contributed by atoms with Crippen LogP contribution in [0, 0.1) is 0 Å². The molecule has 1 fully saturated rings. The van der Waals surface area contributed by atoms with Gasteiger partial charge in [-0.25, -0.2) is 0 Å². The second kappa shape index (κ2) is 8.83. The van der Waals surface area contributed by atoms with Crippen LogP contribution in [0.15, 0.2) is 54.6 Å². The largest absolute Gasteiger partial charge is 0.391 e. The van der Waals surface area contributed by atoms with Crippen LogP contribution in [-0.2, 0) is 16.1 Å². The average molecular weight is 354 g/mol. The van der Waals surface area contributed by atoms with Gasteiger partial charge in [-0.2, -0.15) is 0 Å². The van der Waals surface area contributed by atoms with Crippen molar-refractivity contribution in [2.75, 3.05) is 36.1 Å². The first-order chi connectivity index (χ1) is 12.7. The van der Waals surface area contributed by atoms with Gasteiger partial charge in [-0.1, -0.05) is 37.3 Å². The minimum absolute atomic E-state index is 0.00783. The lowest BCUT2D eigenvalue weighted by atomic mass is 10.1. The number of aliphatic hydroxyl groups is 1. The van der Waals surface area contributed by atoms with Crippen molar-refractivity contribution in [2.24, 2.45) is 0 Å². The van der Waals surface area contributed by atoms with Gasteiger partial charge >= 0.3 is 0 Å². The molecule has 1 saturated heterocycles. The highest BCUT2D eigenvalue weighted by Crippen LogP contribution is 2.24. The standard InChI is InChI=1S/C21H26N2O3/c1-2-20(24)15-22(14-17-6-4-3-5-7-17)18-8-10-19(11-9-18)23-12-13-26-16-21(23)25/h3-11,20,24H,2,12-16H2,1H3. The Morgan fingerprint density at radius 3 is 2.54 bits per heavy atom. The average Bonchev–Trinajstić information content (AvgIpc) is 2.69. The first kappa shape index (κ1) is 18.4. The maximum Gasteiger partial charge on any atom is 0.253 e. The number of aliphatic hydroxyl groups excluding tert-OH is 1. The normalized spacial score (nSPS) is 15.8. The molecular weight excluding hydrogens is 328 g/mol. The molecule has 5 heteroatoms. The molecule has 1 aliphatic rings. The zero-order valence-electron chi connectivity index (χ0n) is 15.2. The van der Waals surface area contributed by atoms with E-state index in [1.54, 1.807) is 4.90 Å². The Morgan fingerprint density at radius 2 is 1.88 bits per heavy atom. The smallest absolute Gasteiger partial charge is 0.253 e. The van der Waals surface area contributed by atoms with Gasteiger partial charge in [0.05, 0.1) is 12.7 Å². The number of hydrogen-bond acceptors (Lipinski definition) is 4. The lowest BCUT2D eigenvalue weighted by molar-refractivity contribution is -0.125. The quantitative estimate of drug-likeness (QED) is 0.831. The number of hydrogen-bond donors (Lipinski definition) is 1. The van der Waals surface area contributed by atoms with E-state index >= 15 is 0 Å². The van der Waals surface area contributed by atoms with E-state index in [0.717, 1.165) is 17.9 Å². The molecule has 0 spiro atoms.